The van der Waals surface area contributed by atoms with Gasteiger partial charge in [-0.1, -0.05) is 60.7 Å². The smallest absolute Gasteiger partial charge is 0.122 e. The summed E-state index contributed by atoms with van der Waals surface area (Å²) in [6, 6.07) is 21.6. The first-order valence-electron chi connectivity index (χ1n) is 8.80. The van der Waals surface area contributed by atoms with Crippen LogP contribution in [-0.2, 0) is 5.54 Å². The predicted octanol–water partition coefficient (Wildman–Crippen LogP) is 4.72. The molecule has 0 spiro atoms. The van der Waals surface area contributed by atoms with Crippen molar-refractivity contribution in [3.63, 3.8) is 0 Å². The molecule has 2 nitrogen and oxygen atoms in total. The Kier molecular flexibility index (Phi) is 2.87. The molecule has 0 aromatic heterocycles. The zero-order chi connectivity index (χ0) is 17.3. The molecule has 0 radical (unpaired) electrons. The van der Waals surface area contributed by atoms with Crippen LogP contribution >= 0.6 is 0 Å². The van der Waals surface area contributed by atoms with E-state index in [1.54, 1.807) is 7.05 Å². The van der Waals surface area contributed by atoms with Crippen molar-refractivity contribution < 1.29 is 5.21 Å². The molecule has 0 atom stereocenters. The Bertz CT molecular complexity index is 971. The van der Waals surface area contributed by atoms with Gasteiger partial charge in [0.15, 0.2) is 0 Å². The second-order valence-electron chi connectivity index (χ2n) is 7.33. The van der Waals surface area contributed by atoms with Crippen LogP contribution in [0.15, 0.2) is 60.7 Å². The Labute approximate surface area is 148 Å². The van der Waals surface area contributed by atoms with Gasteiger partial charge in [0.05, 0.1) is 0 Å². The van der Waals surface area contributed by atoms with Gasteiger partial charge in [0.1, 0.15) is 5.54 Å². The standard InChI is InChI=1S/C23H21NO/c1-14-12-13-15(2)22-20(14)21-16-8-4-6-10-18(16)23(22,24(3)25)19-11-7-5-9-17(19)21/h4-13,21,25H,1-3H3. The van der Waals surface area contributed by atoms with Crippen molar-refractivity contribution in [2.45, 2.75) is 25.3 Å². The average molecular weight is 327 g/mol. The second-order valence-corrected chi connectivity index (χ2v) is 7.33. The van der Waals surface area contributed by atoms with Gasteiger partial charge in [-0.15, -0.1) is 0 Å². The van der Waals surface area contributed by atoms with Crippen LogP contribution in [0.25, 0.3) is 0 Å². The summed E-state index contributed by atoms with van der Waals surface area (Å²) < 4.78 is 0. The van der Waals surface area contributed by atoms with Crippen molar-refractivity contribution in [3.05, 3.63) is 105 Å². The summed E-state index contributed by atoms with van der Waals surface area (Å²) in [5.41, 5.74) is 9.50. The van der Waals surface area contributed by atoms with Gasteiger partial charge in [-0.05, 0) is 58.4 Å². The number of aryl methyl sites for hydroxylation is 2. The summed E-state index contributed by atoms with van der Waals surface area (Å²) in [5, 5.41) is 12.5. The maximum atomic E-state index is 11.0. The molecule has 0 unspecified atom stereocenters. The Hall–Kier alpha value is -2.42. The molecule has 2 bridgehead atoms. The zero-order valence-electron chi connectivity index (χ0n) is 14.7. The lowest BCUT2D eigenvalue weighted by Gasteiger charge is -2.53. The van der Waals surface area contributed by atoms with Crippen LogP contribution in [0.4, 0.5) is 0 Å². The molecular formula is C23H21NO. The highest BCUT2D eigenvalue weighted by Gasteiger charge is 2.55. The monoisotopic (exact) mass is 327 g/mol. The first kappa shape index (κ1) is 14.9. The molecule has 6 rings (SSSR count). The fraction of sp³-hybridized carbons (Fsp3) is 0.217. The van der Waals surface area contributed by atoms with Crippen LogP contribution in [0.3, 0.4) is 0 Å². The molecule has 3 aromatic carbocycles. The van der Waals surface area contributed by atoms with Crippen molar-refractivity contribution >= 4 is 0 Å². The van der Waals surface area contributed by atoms with Crippen LogP contribution in [0, 0.1) is 13.8 Å². The van der Waals surface area contributed by atoms with E-state index in [1.165, 1.54) is 49.6 Å². The molecule has 3 aliphatic rings. The first-order chi connectivity index (χ1) is 12.1. The largest absolute Gasteiger partial charge is 0.313 e. The molecule has 1 N–H and O–H groups in total. The summed E-state index contributed by atoms with van der Waals surface area (Å²) >= 11 is 0. The number of benzene rings is 3. The Balaban J connectivity index is 2.06. The Morgan fingerprint density at radius 1 is 0.800 bits per heavy atom. The molecule has 3 aliphatic carbocycles. The average Bonchev–Trinajstić information content (AvgIpc) is 2.64. The molecular weight excluding hydrogens is 306 g/mol. The molecule has 0 heterocycles. The molecule has 25 heavy (non-hydrogen) atoms. The summed E-state index contributed by atoms with van der Waals surface area (Å²) in [7, 11) is 1.78. The van der Waals surface area contributed by atoms with E-state index in [0.29, 0.717) is 0 Å². The van der Waals surface area contributed by atoms with E-state index in [9.17, 15) is 5.21 Å². The molecule has 0 amide bonds. The van der Waals surface area contributed by atoms with Gasteiger partial charge in [0, 0.05) is 13.0 Å². The van der Waals surface area contributed by atoms with E-state index >= 15 is 0 Å². The summed E-state index contributed by atoms with van der Waals surface area (Å²) in [6.45, 7) is 4.35. The van der Waals surface area contributed by atoms with Gasteiger partial charge in [0.25, 0.3) is 0 Å². The highest BCUT2D eigenvalue weighted by atomic mass is 16.5. The van der Waals surface area contributed by atoms with E-state index in [2.05, 4.69) is 74.5 Å². The van der Waals surface area contributed by atoms with Crippen molar-refractivity contribution in [3.8, 4) is 0 Å². The molecule has 0 saturated carbocycles. The van der Waals surface area contributed by atoms with E-state index in [1.807, 2.05) is 0 Å². The minimum Gasteiger partial charge on any atom is -0.313 e. The topological polar surface area (TPSA) is 23.5 Å². The van der Waals surface area contributed by atoms with E-state index in [4.69, 9.17) is 0 Å². The lowest BCUT2D eigenvalue weighted by Crippen LogP contribution is -2.52. The van der Waals surface area contributed by atoms with Crippen LogP contribution in [0.5, 0.6) is 0 Å². The lowest BCUT2D eigenvalue weighted by molar-refractivity contribution is -0.128. The maximum Gasteiger partial charge on any atom is 0.122 e. The van der Waals surface area contributed by atoms with Gasteiger partial charge in [-0.25, -0.2) is 0 Å². The van der Waals surface area contributed by atoms with Crippen LogP contribution in [-0.4, -0.2) is 17.3 Å². The fourth-order valence-corrected chi connectivity index (χ4v) is 5.24. The third-order valence-corrected chi connectivity index (χ3v) is 6.13. The molecule has 124 valence electrons. The van der Waals surface area contributed by atoms with Gasteiger partial charge in [0.2, 0.25) is 0 Å². The number of hydroxylamine groups is 2. The van der Waals surface area contributed by atoms with E-state index in [-0.39, 0.29) is 5.92 Å². The molecule has 2 heteroatoms. The second kappa shape index (κ2) is 4.81. The van der Waals surface area contributed by atoms with Crippen molar-refractivity contribution in [2.75, 3.05) is 7.05 Å². The van der Waals surface area contributed by atoms with E-state index < -0.39 is 5.54 Å². The third-order valence-electron chi connectivity index (χ3n) is 6.13. The zero-order valence-corrected chi connectivity index (χ0v) is 14.7. The summed E-state index contributed by atoms with van der Waals surface area (Å²) in [6.07, 6.45) is 0. The summed E-state index contributed by atoms with van der Waals surface area (Å²) in [5.74, 6) is 0.240. The fourth-order valence-electron chi connectivity index (χ4n) is 5.24. The van der Waals surface area contributed by atoms with Crippen LogP contribution in [0.2, 0.25) is 0 Å². The predicted molar refractivity (Wildman–Crippen MR) is 99.2 cm³/mol. The minimum absolute atomic E-state index is 0.240. The molecule has 0 fully saturated rings. The van der Waals surface area contributed by atoms with Crippen molar-refractivity contribution in [1.29, 1.82) is 0 Å². The van der Waals surface area contributed by atoms with Crippen molar-refractivity contribution in [1.82, 2.24) is 5.06 Å². The highest BCUT2D eigenvalue weighted by Crippen LogP contribution is 2.60. The third kappa shape index (κ3) is 1.57. The summed E-state index contributed by atoms with van der Waals surface area (Å²) in [4.78, 5) is 0. The Morgan fingerprint density at radius 3 is 1.88 bits per heavy atom. The van der Waals surface area contributed by atoms with Gasteiger partial charge in [-0.3, -0.25) is 0 Å². The SMILES string of the molecule is Cc1ccc(C)c2c1C1c3ccccc3C2(N(C)O)c2ccccc21. The van der Waals surface area contributed by atoms with Gasteiger partial charge >= 0.3 is 0 Å². The molecule has 0 aliphatic heterocycles. The number of hydrogen-bond donors (Lipinski definition) is 1. The van der Waals surface area contributed by atoms with Gasteiger partial charge in [-0.2, -0.15) is 5.06 Å². The first-order valence-corrected chi connectivity index (χ1v) is 8.80. The Morgan fingerprint density at radius 2 is 1.32 bits per heavy atom. The number of hydrogen-bond acceptors (Lipinski definition) is 2. The number of nitrogens with zero attached hydrogens (tertiary/aromatic N) is 1. The maximum absolute atomic E-state index is 11.0. The highest BCUT2D eigenvalue weighted by molar-refractivity contribution is 5.73. The van der Waals surface area contributed by atoms with Crippen molar-refractivity contribution in [2.24, 2.45) is 0 Å². The quantitative estimate of drug-likeness (QED) is 0.654. The van der Waals surface area contributed by atoms with Crippen LogP contribution < -0.4 is 0 Å². The molecule has 0 saturated heterocycles. The molecule has 3 aromatic rings. The normalized spacial score (nSPS) is 22.5. The minimum atomic E-state index is -0.645. The number of rotatable bonds is 1. The van der Waals surface area contributed by atoms with Gasteiger partial charge < -0.3 is 5.21 Å². The van der Waals surface area contributed by atoms with E-state index in [0.717, 1.165) is 0 Å². The lowest BCUT2D eigenvalue weighted by atomic mass is 9.55. The van der Waals surface area contributed by atoms with Crippen LogP contribution in [0.1, 0.15) is 50.4 Å².